The summed E-state index contributed by atoms with van der Waals surface area (Å²) >= 11 is 0. The van der Waals surface area contributed by atoms with Crippen LogP contribution in [0.15, 0.2) is 71.3 Å². The van der Waals surface area contributed by atoms with Gasteiger partial charge in [0.1, 0.15) is 12.4 Å². The minimum atomic E-state index is -0.185. The smallest absolute Gasteiger partial charge is 0.161 e. The summed E-state index contributed by atoms with van der Waals surface area (Å²) in [6.45, 7) is 0.491. The number of methoxy groups -OCH3 is 1. The molecule has 124 valence electrons. The summed E-state index contributed by atoms with van der Waals surface area (Å²) in [5.74, 6) is 2.20. The molecule has 0 saturated heterocycles. The molecule has 24 heavy (non-hydrogen) atoms. The highest BCUT2D eigenvalue weighted by atomic mass is 16.5. The molecule has 2 aromatic carbocycles. The van der Waals surface area contributed by atoms with Crippen molar-refractivity contribution in [1.82, 2.24) is 0 Å². The van der Waals surface area contributed by atoms with E-state index in [1.807, 2.05) is 60.7 Å². The van der Waals surface area contributed by atoms with Crippen molar-refractivity contribution in [3.63, 3.8) is 0 Å². The summed E-state index contributed by atoms with van der Waals surface area (Å²) in [4.78, 5) is 0. The molecule has 1 unspecified atom stereocenters. The molecule has 0 amide bonds. The van der Waals surface area contributed by atoms with Gasteiger partial charge in [-0.3, -0.25) is 0 Å². The fraction of sp³-hybridized carbons (Fsp3) is 0.200. The van der Waals surface area contributed by atoms with Crippen LogP contribution in [0.2, 0.25) is 0 Å². The first-order valence-corrected chi connectivity index (χ1v) is 7.89. The number of nitrogens with two attached hydrogens (primary N) is 1. The van der Waals surface area contributed by atoms with E-state index >= 15 is 0 Å². The van der Waals surface area contributed by atoms with Crippen LogP contribution in [0.4, 0.5) is 0 Å². The lowest BCUT2D eigenvalue weighted by Gasteiger charge is -2.14. The summed E-state index contributed by atoms with van der Waals surface area (Å²) in [7, 11) is 1.64. The third kappa shape index (κ3) is 3.97. The second-order valence-electron chi connectivity index (χ2n) is 5.59. The SMILES string of the molecule is COc1ccc(CC(N)c2ccco2)cc1OCc1ccccc1. The molecule has 3 aromatic rings. The standard InChI is InChI=1S/C20H21NO3/c1-22-19-10-9-16(12-17(21)18-8-5-11-23-18)13-20(19)24-14-15-6-3-2-4-7-15/h2-11,13,17H,12,14,21H2,1H3. The monoisotopic (exact) mass is 323 g/mol. The molecular weight excluding hydrogens is 302 g/mol. The molecule has 3 rings (SSSR count). The molecule has 1 atom stereocenters. The average molecular weight is 323 g/mol. The zero-order valence-corrected chi connectivity index (χ0v) is 13.6. The molecule has 4 nitrogen and oxygen atoms in total. The molecule has 0 fully saturated rings. The average Bonchev–Trinajstić information content (AvgIpc) is 3.16. The second kappa shape index (κ2) is 7.70. The van der Waals surface area contributed by atoms with Crippen molar-refractivity contribution < 1.29 is 13.9 Å². The van der Waals surface area contributed by atoms with Crippen LogP contribution in [0.1, 0.15) is 22.9 Å². The van der Waals surface area contributed by atoms with Crippen LogP contribution < -0.4 is 15.2 Å². The quantitative estimate of drug-likeness (QED) is 0.711. The first-order chi connectivity index (χ1) is 11.8. The van der Waals surface area contributed by atoms with Crippen molar-refractivity contribution >= 4 is 0 Å². The van der Waals surface area contributed by atoms with E-state index in [1.54, 1.807) is 13.4 Å². The fourth-order valence-electron chi connectivity index (χ4n) is 2.55. The summed E-state index contributed by atoms with van der Waals surface area (Å²) in [6.07, 6.45) is 2.30. The van der Waals surface area contributed by atoms with Crippen LogP contribution in [0, 0.1) is 0 Å². The Hall–Kier alpha value is -2.72. The third-order valence-electron chi connectivity index (χ3n) is 3.83. The molecule has 4 heteroatoms. The van der Waals surface area contributed by atoms with Crippen molar-refractivity contribution in [1.29, 1.82) is 0 Å². The lowest BCUT2D eigenvalue weighted by molar-refractivity contribution is 0.284. The predicted octanol–water partition coefficient (Wildman–Crippen LogP) is 4.11. The van der Waals surface area contributed by atoms with Crippen molar-refractivity contribution in [2.24, 2.45) is 5.73 Å². The zero-order chi connectivity index (χ0) is 16.8. The van der Waals surface area contributed by atoms with E-state index in [0.717, 1.165) is 16.9 Å². The number of rotatable bonds is 7. The molecule has 0 aliphatic carbocycles. The normalized spacial score (nSPS) is 11.9. The van der Waals surface area contributed by atoms with Crippen LogP contribution in [-0.2, 0) is 13.0 Å². The van der Waals surface area contributed by atoms with E-state index in [0.29, 0.717) is 24.5 Å². The fourth-order valence-corrected chi connectivity index (χ4v) is 2.55. The topological polar surface area (TPSA) is 57.6 Å². The molecule has 0 saturated carbocycles. The predicted molar refractivity (Wildman–Crippen MR) is 93.1 cm³/mol. The Morgan fingerprint density at radius 2 is 1.79 bits per heavy atom. The van der Waals surface area contributed by atoms with Gasteiger partial charge in [0, 0.05) is 0 Å². The minimum absolute atomic E-state index is 0.185. The molecule has 0 bridgehead atoms. The molecule has 2 N–H and O–H groups in total. The van der Waals surface area contributed by atoms with E-state index in [9.17, 15) is 0 Å². The van der Waals surface area contributed by atoms with E-state index in [-0.39, 0.29) is 6.04 Å². The molecular formula is C20H21NO3. The number of furan rings is 1. The largest absolute Gasteiger partial charge is 0.493 e. The minimum Gasteiger partial charge on any atom is -0.493 e. The van der Waals surface area contributed by atoms with Crippen LogP contribution in [-0.4, -0.2) is 7.11 Å². The second-order valence-corrected chi connectivity index (χ2v) is 5.59. The summed E-state index contributed by atoms with van der Waals surface area (Å²) in [5, 5.41) is 0. The van der Waals surface area contributed by atoms with Crippen molar-refractivity contribution in [3.8, 4) is 11.5 Å². The lowest BCUT2D eigenvalue weighted by Crippen LogP contribution is -2.12. The molecule has 0 aliphatic heterocycles. The maximum Gasteiger partial charge on any atom is 0.161 e. The Kier molecular flexibility index (Phi) is 5.18. The first-order valence-electron chi connectivity index (χ1n) is 7.89. The summed E-state index contributed by atoms with van der Waals surface area (Å²) < 4.78 is 16.7. The Labute approximate surface area is 141 Å². The van der Waals surface area contributed by atoms with Gasteiger partial charge in [-0.2, -0.15) is 0 Å². The number of benzene rings is 2. The van der Waals surface area contributed by atoms with Gasteiger partial charge in [-0.1, -0.05) is 36.4 Å². The van der Waals surface area contributed by atoms with E-state index < -0.39 is 0 Å². The molecule has 0 radical (unpaired) electrons. The number of hydrogen-bond donors (Lipinski definition) is 1. The van der Waals surface area contributed by atoms with Crippen LogP contribution in [0.25, 0.3) is 0 Å². The highest BCUT2D eigenvalue weighted by Crippen LogP contribution is 2.30. The highest BCUT2D eigenvalue weighted by molar-refractivity contribution is 5.43. The maximum atomic E-state index is 6.19. The highest BCUT2D eigenvalue weighted by Gasteiger charge is 2.12. The van der Waals surface area contributed by atoms with Crippen molar-refractivity contribution in [2.45, 2.75) is 19.1 Å². The Morgan fingerprint density at radius 3 is 2.50 bits per heavy atom. The van der Waals surface area contributed by atoms with Gasteiger partial charge in [0.25, 0.3) is 0 Å². The van der Waals surface area contributed by atoms with Gasteiger partial charge in [-0.05, 0) is 41.8 Å². The molecule has 1 heterocycles. The molecule has 1 aromatic heterocycles. The maximum absolute atomic E-state index is 6.19. The van der Waals surface area contributed by atoms with Crippen LogP contribution in [0.5, 0.6) is 11.5 Å². The molecule has 0 aliphatic rings. The van der Waals surface area contributed by atoms with E-state index in [2.05, 4.69) is 0 Å². The van der Waals surface area contributed by atoms with Crippen LogP contribution >= 0.6 is 0 Å². The number of ether oxygens (including phenoxy) is 2. The van der Waals surface area contributed by atoms with Gasteiger partial charge in [0.2, 0.25) is 0 Å². The van der Waals surface area contributed by atoms with Gasteiger partial charge in [0.05, 0.1) is 19.4 Å². The van der Waals surface area contributed by atoms with Crippen molar-refractivity contribution in [3.05, 3.63) is 83.8 Å². The zero-order valence-electron chi connectivity index (χ0n) is 13.6. The summed E-state index contributed by atoms with van der Waals surface area (Å²) in [5.41, 5.74) is 8.37. The van der Waals surface area contributed by atoms with Gasteiger partial charge < -0.3 is 19.6 Å². The first kappa shape index (κ1) is 16.1. The molecule has 0 spiro atoms. The lowest BCUT2D eigenvalue weighted by atomic mass is 10.0. The Bertz CT molecular complexity index is 754. The van der Waals surface area contributed by atoms with Gasteiger partial charge in [-0.25, -0.2) is 0 Å². The van der Waals surface area contributed by atoms with Gasteiger partial charge in [-0.15, -0.1) is 0 Å². The third-order valence-corrected chi connectivity index (χ3v) is 3.83. The van der Waals surface area contributed by atoms with E-state index in [4.69, 9.17) is 19.6 Å². The summed E-state index contributed by atoms with van der Waals surface area (Å²) in [6, 6.07) is 19.5. The Balaban J connectivity index is 1.72. The number of hydrogen-bond acceptors (Lipinski definition) is 4. The van der Waals surface area contributed by atoms with E-state index in [1.165, 1.54) is 0 Å². The Morgan fingerprint density at radius 1 is 0.958 bits per heavy atom. The van der Waals surface area contributed by atoms with Crippen LogP contribution in [0.3, 0.4) is 0 Å². The van der Waals surface area contributed by atoms with Gasteiger partial charge >= 0.3 is 0 Å². The van der Waals surface area contributed by atoms with Gasteiger partial charge in [0.15, 0.2) is 11.5 Å². The van der Waals surface area contributed by atoms with Crippen molar-refractivity contribution in [2.75, 3.05) is 7.11 Å².